The smallest absolute Gasteiger partial charge is 0.130 e. The van der Waals surface area contributed by atoms with Crippen molar-refractivity contribution in [1.82, 2.24) is 0 Å². The molecular weight excluding hydrogens is 251 g/mol. The van der Waals surface area contributed by atoms with Crippen LogP contribution in [0.25, 0.3) is 0 Å². The van der Waals surface area contributed by atoms with Crippen LogP contribution in [0.3, 0.4) is 0 Å². The Labute approximate surface area is 119 Å². The van der Waals surface area contributed by atoms with Crippen molar-refractivity contribution in [3.8, 4) is 0 Å². The van der Waals surface area contributed by atoms with Crippen molar-refractivity contribution in [1.29, 1.82) is 0 Å². The molecule has 20 heavy (non-hydrogen) atoms. The molecular formula is C18H19FO. The van der Waals surface area contributed by atoms with Crippen LogP contribution in [0, 0.1) is 5.82 Å². The first-order valence-electron chi connectivity index (χ1n) is 6.88. The first-order valence-corrected chi connectivity index (χ1v) is 6.88. The van der Waals surface area contributed by atoms with Crippen LogP contribution in [-0.2, 0) is 23.1 Å². The van der Waals surface area contributed by atoms with Gasteiger partial charge in [0.15, 0.2) is 0 Å². The van der Waals surface area contributed by atoms with E-state index in [9.17, 15) is 9.18 Å². The molecule has 1 unspecified atom stereocenters. The number of benzene rings is 2. The highest BCUT2D eigenvalue weighted by Crippen LogP contribution is 2.28. The van der Waals surface area contributed by atoms with Crippen LogP contribution in [0.15, 0.2) is 48.5 Å². The summed E-state index contributed by atoms with van der Waals surface area (Å²) in [6, 6.07) is 14.6. The average molecular weight is 270 g/mol. The first-order chi connectivity index (χ1) is 9.59. The third-order valence-corrected chi connectivity index (χ3v) is 3.75. The van der Waals surface area contributed by atoms with E-state index in [1.165, 1.54) is 11.6 Å². The topological polar surface area (TPSA) is 17.1 Å². The minimum absolute atomic E-state index is 0.327. The molecule has 0 radical (unpaired) electrons. The minimum Gasteiger partial charge on any atom is -0.302 e. The number of carbonyl (C=O) groups excluding carboxylic acids is 1. The largest absolute Gasteiger partial charge is 0.302 e. The highest BCUT2D eigenvalue weighted by atomic mass is 19.1. The summed E-state index contributed by atoms with van der Waals surface area (Å²) in [4.78, 5) is 11.5. The van der Waals surface area contributed by atoms with Crippen molar-refractivity contribution >= 4 is 6.29 Å². The van der Waals surface area contributed by atoms with Gasteiger partial charge >= 0.3 is 0 Å². The van der Waals surface area contributed by atoms with Gasteiger partial charge in [0.1, 0.15) is 12.1 Å². The van der Waals surface area contributed by atoms with Gasteiger partial charge in [-0.3, -0.25) is 0 Å². The highest BCUT2D eigenvalue weighted by molar-refractivity contribution is 5.68. The number of halogens is 1. The Morgan fingerprint density at radius 3 is 2.20 bits per heavy atom. The van der Waals surface area contributed by atoms with Gasteiger partial charge in [-0.2, -0.15) is 0 Å². The van der Waals surface area contributed by atoms with Crippen molar-refractivity contribution in [3.63, 3.8) is 0 Å². The third-order valence-electron chi connectivity index (χ3n) is 3.75. The molecule has 2 aromatic rings. The van der Waals surface area contributed by atoms with Gasteiger partial charge in [-0.05, 0) is 37.0 Å². The molecule has 0 bridgehead atoms. The zero-order valence-electron chi connectivity index (χ0n) is 11.9. The van der Waals surface area contributed by atoms with Crippen molar-refractivity contribution in [3.05, 3.63) is 71.0 Å². The molecule has 0 fully saturated rings. The van der Waals surface area contributed by atoms with Crippen molar-refractivity contribution < 1.29 is 9.18 Å². The van der Waals surface area contributed by atoms with Crippen LogP contribution in [0.4, 0.5) is 4.39 Å². The number of rotatable bonds is 5. The first kappa shape index (κ1) is 14.4. The summed E-state index contributed by atoms with van der Waals surface area (Å²) in [5.74, 6) is -0.327. The van der Waals surface area contributed by atoms with Gasteiger partial charge < -0.3 is 4.79 Å². The molecule has 2 heteroatoms. The number of hydrogen-bond acceptors (Lipinski definition) is 1. The molecule has 0 N–H and O–H groups in total. The van der Waals surface area contributed by atoms with Gasteiger partial charge in [0.25, 0.3) is 0 Å². The maximum Gasteiger partial charge on any atom is 0.130 e. The number of aryl methyl sites for hydroxylation is 1. The van der Waals surface area contributed by atoms with Gasteiger partial charge in [0.05, 0.1) is 5.41 Å². The van der Waals surface area contributed by atoms with Crippen LogP contribution >= 0.6 is 0 Å². The molecule has 0 saturated carbocycles. The van der Waals surface area contributed by atoms with Crippen LogP contribution in [0.1, 0.15) is 30.5 Å². The van der Waals surface area contributed by atoms with E-state index >= 15 is 0 Å². The van der Waals surface area contributed by atoms with E-state index in [0.717, 1.165) is 18.3 Å². The Morgan fingerprint density at radius 2 is 1.65 bits per heavy atom. The van der Waals surface area contributed by atoms with Gasteiger partial charge in [0, 0.05) is 5.56 Å². The van der Waals surface area contributed by atoms with E-state index in [1.807, 2.05) is 12.1 Å². The maximum atomic E-state index is 13.9. The normalized spacial score (nSPS) is 13.8. The Balaban J connectivity index is 2.31. The zero-order valence-corrected chi connectivity index (χ0v) is 11.9. The molecule has 0 aliphatic carbocycles. The van der Waals surface area contributed by atoms with E-state index in [0.29, 0.717) is 12.0 Å². The second-order valence-electron chi connectivity index (χ2n) is 5.36. The van der Waals surface area contributed by atoms with Crippen LogP contribution in [0.5, 0.6) is 0 Å². The molecule has 0 aromatic heterocycles. The van der Waals surface area contributed by atoms with Crippen LogP contribution in [-0.4, -0.2) is 6.29 Å². The molecule has 0 amide bonds. The molecule has 0 aliphatic heterocycles. The van der Waals surface area contributed by atoms with Crippen LogP contribution in [0.2, 0.25) is 0 Å². The molecule has 0 spiro atoms. The summed E-state index contributed by atoms with van der Waals surface area (Å²) >= 11 is 0. The Bertz CT molecular complexity index is 589. The molecule has 104 valence electrons. The quantitative estimate of drug-likeness (QED) is 0.748. The lowest BCUT2D eigenvalue weighted by Crippen LogP contribution is -2.28. The van der Waals surface area contributed by atoms with E-state index < -0.39 is 5.41 Å². The standard InChI is InChI=1S/C18H19FO/c1-3-14-8-10-15(11-9-14)12-18(2,13-20)16-6-4-5-7-17(16)19/h4-11,13H,3,12H2,1-2H3. The summed E-state index contributed by atoms with van der Waals surface area (Å²) < 4.78 is 13.9. The lowest BCUT2D eigenvalue weighted by molar-refractivity contribution is -0.112. The second-order valence-corrected chi connectivity index (χ2v) is 5.36. The number of carbonyl (C=O) groups is 1. The molecule has 0 saturated heterocycles. The van der Waals surface area contributed by atoms with E-state index in [1.54, 1.807) is 25.1 Å². The van der Waals surface area contributed by atoms with Crippen LogP contribution < -0.4 is 0 Å². The van der Waals surface area contributed by atoms with Gasteiger partial charge in [-0.15, -0.1) is 0 Å². The molecule has 1 atom stereocenters. The van der Waals surface area contributed by atoms with Crippen molar-refractivity contribution in [2.24, 2.45) is 0 Å². The average Bonchev–Trinajstić information content (AvgIpc) is 2.48. The lowest BCUT2D eigenvalue weighted by Gasteiger charge is -2.24. The molecule has 2 rings (SSSR count). The summed E-state index contributed by atoms with van der Waals surface area (Å²) in [5.41, 5.74) is 1.92. The summed E-state index contributed by atoms with van der Waals surface area (Å²) in [7, 11) is 0. The van der Waals surface area contributed by atoms with E-state index in [-0.39, 0.29) is 5.82 Å². The van der Waals surface area contributed by atoms with Crippen molar-refractivity contribution in [2.75, 3.05) is 0 Å². The zero-order chi connectivity index (χ0) is 14.6. The van der Waals surface area contributed by atoms with E-state index in [4.69, 9.17) is 0 Å². The predicted octanol–water partition coefficient (Wildman–Crippen LogP) is 4.09. The Morgan fingerprint density at radius 1 is 1.05 bits per heavy atom. The fraction of sp³-hybridized carbons (Fsp3) is 0.278. The van der Waals surface area contributed by atoms with Gasteiger partial charge in [-0.25, -0.2) is 4.39 Å². The fourth-order valence-corrected chi connectivity index (χ4v) is 2.44. The van der Waals surface area contributed by atoms with Crippen molar-refractivity contribution in [2.45, 2.75) is 32.1 Å². The predicted molar refractivity (Wildman–Crippen MR) is 79.3 cm³/mol. The molecule has 2 aromatic carbocycles. The summed E-state index contributed by atoms with van der Waals surface area (Å²) in [6.07, 6.45) is 2.33. The van der Waals surface area contributed by atoms with Gasteiger partial charge in [0.2, 0.25) is 0 Å². The van der Waals surface area contributed by atoms with E-state index in [2.05, 4.69) is 19.1 Å². The minimum atomic E-state index is -0.834. The SMILES string of the molecule is CCc1ccc(CC(C)(C=O)c2ccccc2F)cc1. The molecule has 1 nitrogen and oxygen atoms in total. The summed E-state index contributed by atoms with van der Waals surface area (Å²) in [6.45, 7) is 3.88. The lowest BCUT2D eigenvalue weighted by atomic mass is 9.78. The maximum absolute atomic E-state index is 13.9. The second kappa shape index (κ2) is 6.00. The summed E-state index contributed by atoms with van der Waals surface area (Å²) in [5, 5.41) is 0. The molecule has 0 aliphatic rings. The number of hydrogen-bond donors (Lipinski definition) is 0. The molecule has 0 heterocycles. The highest BCUT2D eigenvalue weighted by Gasteiger charge is 2.29. The fourth-order valence-electron chi connectivity index (χ4n) is 2.44. The monoisotopic (exact) mass is 270 g/mol. The third kappa shape index (κ3) is 2.96. The Hall–Kier alpha value is -1.96. The Kier molecular flexibility index (Phi) is 4.33. The number of aldehydes is 1. The van der Waals surface area contributed by atoms with Gasteiger partial charge in [-0.1, -0.05) is 49.4 Å².